The number of thiophene rings is 2. The molecule has 1 amide bonds. The molecular formula is C17H19NO2S2. The van der Waals surface area contributed by atoms with E-state index in [4.69, 9.17) is 0 Å². The Kier molecular flexibility index (Phi) is 5.08. The zero-order valence-corrected chi connectivity index (χ0v) is 13.8. The standard InChI is InChI=1S/C17H19NO2S2/c19-16(13-8-9-21-11-13)15-7-6-14(22-15)10-18-17(20)12-4-2-1-3-5-12/h1-2,6-9,11-12,16,19H,3-5,10H2,(H,18,20)/t12-,16+/m1/s1. The molecule has 116 valence electrons. The summed E-state index contributed by atoms with van der Waals surface area (Å²) in [5, 5.41) is 17.2. The monoisotopic (exact) mass is 333 g/mol. The second kappa shape index (κ2) is 7.22. The topological polar surface area (TPSA) is 49.3 Å². The number of rotatable bonds is 5. The molecule has 2 atom stereocenters. The summed E-state index contributed by atoms with van der Waals surface area (Å²) in [6.07, 6.45) is 6.45. The minimum absolute atomic E-state index is 0.112. The highest BCUT2D eigenvalue weighted by molar-refractivity contribution is 7.12. The van der Waals surface area contributed by atoms with Crippen LogP contribution in [-0.4, -0.2) is 11.0 Å². The van der Waals surface area contributed by atoms with E-state index < -0.39 is 6.10 Å². The largest absolute Gasteiger partial charge is 0.383 e. The van der Waals surface area contributed by atoms with Crippen molar-refractivity contribution < 1.29 is 9.90 Å². The predicted molar refractivity (Wildman–Crippen MR) is 91.0 cm³/mol. The van der Waals surface area contributed by atoms with Gasteiger partial charge in [-0.25, -0.2) is 0 Å². The lowest BCUT2D eigenvalue weighted by atomic mass is 9.94. The molecule has 0 saturated heterocycles. The molecule has 0 saturated carbocycles. The second-order valence-corrected chi connectivity index (χ2v) is 7.44. The van der Waals surface area contributed by atoms with Crippen molar-refractivity contribution in [2.75, 3.05) is 0 Å². The van der Waals surface area contributed by atoms with Crippen molar-refractivity contribution >= 4 is 28.6 Å². The molecule has 0 fully saturated rings. The maximum absolute atomic E-state index is 12.1. The van der Waals surface area contributed by atoms with E-state index in [9.17, 15) is 9.90 Å². The van der Waals surface area contributed by atoms with Crippen LogP contribution in [0.15, 0.2) is 41.1 Å². The average molecular weight is 333 g/mol. The Balaban J connectivity index is 1.55. The number of hydrogen-bond acceptors (Lipinski definition) is 4. The molecule has 0 aromatic carbocycles. The first-order valence-corrected chi connectivity index (χ1v) is 9.21. The first-order chi connectivity index (χ1) is 10.7. The van der Waals surface area contributed by atoms with Crippen molar-refractivity contribution in [1.82, 2.24) is 5.32 Å². The molecule has 0 unspecified atom stereocenters. The van der Waals surface area contributed by atoms with E-state index in [1.807, 2.05) is 29.0 Å². The van der Waals surface area contributed by atoms with Gasteiger partial charge in [0.2, 0.25) is 5.91 Å². The van der Waals surface area contributed by atoms with Crippen molar-refractivity contribution in [3.05, 3.63) is 56.4 Å². The van der Waals surface area contributed by atoms with E-state index in [2.05, 4.69) is 17.5 Å². The van der Waals surface area contributed by atoms with Gasteiger partial charge in [0.15, 0.2) is 0 Å². The fourth-order valence-corrected chi connectivity index (χ4v) is 4.23. The summed E-state index contributed by atoms with van der Waals surface area (Å²) in [5.41, 5.74) is 0.927. The molecule has 22 heavy (non-hydrogen) atoms. The number of hydrogen-bond donors (Lipinski definition) is 2. The Hall–Kier alpha value is -1.43. The van der Waals surface area contributed by atoms with Gasteiger partial charge in [0.05, 0.1) is 6.54 Å². The molecule has 2 aromatic rings. The summed E-state index contributed by atoms with van der Waals surface area (Å²) in [6.45, 7) is 0.542. The van der Waals surface area contributed by atoms with Gasteiger partial charge in [-0.2, -0.15) is 11.3 Å². The van der Waals surface area contributed by atoms with Gasteiger partial charge >= 0.3 is 0 Å². The van der Waals surface area contributed by atoms with Gasteiger partial charge in [-0.1, -0.05) is 12.2 Å². The molecule has 0 radical (unpaired) electrons. The number of aliphatic hydroxyl groups excluding tert-OH is 1. The summed E-state index contributed by atoms with van der Waals surface area (Å²) in [4.78, 5) is 14.1. The Morgan fingerprint density at radius 3 is 3.00 bits per heavy atom. The highest BCUT2D eigenvalue weighted by atomic mass is 32.1. The zero-order valence-electron chi connectivity index (χ0n) is 12.2. The van der Waals surface area contributed by atoms with Gasteiger partial charge in [0.25, 0.3) is 0 Å². The lowest BCUT2D eigenvalue weighted by Crippen LogP contribution is -2.30. The van der Waals surface area contributed by atoms with E-state index in [1.54, 1.807) is 22.7 Å². The molecule has 1 aliphatic rings. The number of nitrogens with one attached hydrogen (secondary N) is 1. The SMILES string of the molecule is O=C(NCc1ccc([C@@H](O)c2ccsc2)s1)[C@@H]1CC=CCC1. The second-order valence-electron chi connectivity index (χ2n) is 5.46. The van der Waals surface area contributed by atoms with Crippen LogP contribution in [0, 0.1) is 5.92 Å². The van der Waals surface area contributed by atoms with E-state index in [1.165, 1.54) is 0 Å². The van der Waals surface area contributed by atoms with Crippen LogP contribution < -0.4 is 5.32 Å². The molecule has 0 aliphatic heterocycles. The maximum atomic E-state index is 12.1. The van der Waals surface area contributed by atoms with E-state index in [0.29, 0.717) is 6.54 Å². The van der Waals surface area contributed by atoms with Gasteiger partial charge in [-0.15, -0.1) is 11.3 Å². The van der Waals surface area contributed by atoms with Crippen LogP contribution >= 0.6 is 22.7 Å². The minimum atomic E-state index is -0.566. The molecular weight excluding hydrogens is 314 g/mol. The van der Waals surface area contributed by atoms with Gasteiger partial charge in [0, 0.05) is 15.7 Å². The van der Waals surface area contributed by atoms with Crippen molar-refractivity contribution in [3.63, 3.8) is 0 Å². The molecule has 2 N–H and O–H groups in total. The Bertz CT molecular complexity index is 645. The van der Waals surface area contributed by atoms with Gasteiger partial charge < -0.3 is 10.4 Å². The Morgan fingerprint density at radius 1 is 1.36 bits per heavy atom. The molecule has 3 rings (SSSR count). The summed E-state index contributed by atoms with van der Waals surface area (Å²) in [6, 6.07) is 5.86. The third-order valence-electron chi connectivity index (χ3n) is 3.89. The molecule has 2 aromatic heterocycles. The van der Waals surface area contributed by atoms with Crippen molar-refractivity contribution in [2.45, 2.75) is 31.9 Å². The molecule has 2 heterocycles. The quantitative estimate of drug-likeness (QED) is 0.816. The first kappa shape index (κ1) is 15.5. The number of allylic oxidation sites excluding steroid dienone is 2. The summed E-state index contributed by atoms with van der Waals surface area (Å²) >= 11 is 3.14. The fraction of sp³-hybridized carbons (Fsp3) is 0.353. The van der Waals surface area contributed by atoms with E-state index in [0.717, 1.165) is 34.6 Å². The fourth-order valence-electron chi connectivity index (χ4n) is 2.58. The molecule has 1 aliphatic carbocycles. The van der Waals surface area contributed by atoms with Gasteiger partial charge in [-0.3, -0.25) is 4.79 Å². The summed E-state index contributed by atoms with van der Waals surface area (Å²) < 4.78 is 0. The van der Waals surface area contributed by atoms with E-state index >= 15 is 0 Å². The molecule has 0 spiro atoms. The first-order valence-electron chi connectivity index (χ1n) is 7.45. The molecule has 0 bridgehead atoms. The van der Waals surface area contributed by atoms with Crippen LogP contribution in [0.2, 0.25) is 0 Å². The third kappa shape index (κ3) is 3.66. The number of aliphatic hydroxyl groups is 1. The smallest absolute Gasteiger partial charge is 0.223 e. The van der Waals surface area contributed by atoms with Crippen molar-refractivity contribution in [2.24, 2.45) is 5.92 Å². The van der Waals surface area contributed by atoms with Gasteiger partial charge in [-0.05, 0) is 53.8 Å². The summed E-state index contributed by atoms with van der Waals surface area (Å²) in [7, 11) is 0. The number of carbonyl (C=O) groups excluding carboxylic acids is 1. The Labute approximate surface area is 138 Å². The highest BCUT2D eigenvalue weighted by Crippen LogP contribution is 2.29. The number of amides is 1. The lowest BCUT2D eigenvalue weighted by molar-refractivity contribution is -0.125. The van der Waals surface area contributed by atoms with E-state index in [-0.39, 0.29) is 11.8 Å². The van der Waals surface area contributed by atoms with Crippen LogP contribution in [0.25, 0.3) is 0 Å². The van der Waals surface area contributed by atoms with Crippen molar-refractivity contribution in [1.29, 1.82) is 0 Å². The van der Waals surface area contributed by atoms with Gasteiger partial charge in [0.1, 0.15) is 6.10 Å². The highest BCUT2D eigenvalue weighted by Gasteiger charge is 2.19. The number of carbonyl (C=O) groups is 1. The third-order valence-corrected chi connectivity index (χ3v) is 5.73. The molecule has 3 nitrogen and oxygen atoms in total. The van der Waals surface area contributed by atoms with Crippen LogP contribution in [0.5, 0.6) is 0 Å². The van der Waals surface area contributed by atoms with Crippen LogP contribution in [0.4, 0.5) is 0 Å². The average Bonchev–Trinajstić information content (AvgIpc) is 3.24. The predicted octanol–water partition coefficient (Wildman–Crippen LogP) is 3.86. The lowest BCUT2D eigenvalue weighted by Gasteiger charge is -2.16. The Morgan fingerprint density at radius 2 is 2.27 bits per heavy atom. The maximum Gasteiger partial charge on any atom is 0.223 e. The minimum Gasteiger partial charge on any atom is -0.383 e. The van der Waals surface area contributed by atoms with Crippen LogP contribution in [-0.2, 0) is 11.3 Å². The van der Waals surface area contributed by atoms with Crippen LogP contribution in [0.3, 0.4) is 0 Å². The summed E-state index contributed by atoms with van der Waals surface area (Å²) in [5.74, 6) is 0.249. The van der Waals surface area contributed by atoms with Crippen LogP contribution in [0.1, 0.15) is 40.7 Å². The molecule has 5 heteroatoms. The normalized spacial score (nSPS) is 19.0. The van der Waals surface area contributed by atoms with Crippen molar-refractivity contribution in [3.8, 4) is 0 Å². The zero-order chi connectivity index (χ0) is 15.4.